The topological polar surface area (TPSA) is 12.0 Å². The molecule has 94 valence electrons. The second-order valence-electron chi connectivity index (χ2n) is 5.17. The maximum atomic E-state index is 3.73. The predicted octanol–water partition coefficient (Wildman–Crippen LogP) is 4.24. The molecule has 0 aliphatic heterocycles. The van der Waals surface area contributed by atoms with Gasteiger partial charge in [0.1, 0.15) is 0 Å². The quantitative estimate of drug-likeness (QED) is 0.460. The van der Waals surface area contributed by atoms with Crippen molar-refractivity contribution in [2.45, 2.75) is 44.2 Å². The van der Waals surface area contributed by atoms with E-state index >= 15 is 0 Å². The fourth-order valence-corrected chi connectivity index (χ4v) is 2.18. The molecule has 0 atom stereocenters. The van der Waals surface area contributed by atoms with Crippen LogP contribution in [-0.4, -0.2) is 11.3 Å². The molecule has 17 heavy (non-hydrogen) atoms. The summed E-state index contributed by atoms with van der Waals surface area (Å²) < 4.78 is 0. The van der Waals surface area contributed by atoms with Gasteiger partial charge in [-0.2, -0.15) is 0 Å². The van der Waals surface area contributed by atoms with E-state index in [0.29, 0.717) is 0 Å². The zero-order valence-corrected chi connectivity index (χ0v) is 11.9. The maximum absolute atomic E-state index is 3.73. The van der Waals surface area contributed by atoms with Crippen molar-refractivity contribution in [1.29, 1.82) is 0 Å². The first-order valence-electron chi connectivity index (χ1n) is 6.09. The van der Waals surface area contributed by atoms with Crippen molar-refractivity contribution in [3.63, 3.8) is 0 Å². The number of allylic oxidation sites excluding steroid dienone is 1. The van der Waals surface area contributed by atoms with E-state index in [-0.39, 0.29) is 5.54 Å². The number of rotatable bonds is 6. The van der Waals surface area contributed by atoms with Crippen LogP contribution in [0.5, 0.6) is 0 Å². The fraction of sp³-hybridized carbons (Fsp3) is 0.467. The van der Waals surface area contributed by atoms with Gasteiger partial charge in [-0.05, 0) is 44.9 Å². The molecule has 1 rings (SSSR count). The molecule has 0 aliphatic rings. The third-order valence-corrected chi connectivity index (χ3v) is 3.38. The van der Waals surface area contributed by atoms with E-state index in [1.807, 2.05) is 17.8 Å². The Labute approximate surface area is 110 Å². The van der Waals surface area contributed by atoms with Gasteiger partial charge in [0.2, 0.25) is 0 Å². The van der Waals surface area contributed by atoms with Crippen LogP contribution < -0.4 is 5.32 Å². The predicted molar refractivity (Wildman–Crippen MR) is 78.6 cm³/mol. The van der Waals surface area contributed by atoms with E-state index in [1.54, 1.807) is 0 Å². The molecule has 2 heteroatoms. The summed E-state index contributed by atoms with van der Waals surface area (Å²) in [6.07, 6.45) is 3.03. The van der Waals surface area contributed by atoms with Gasteiger partial charge in [-0.15, -0.1) is 18.3 Å². The lowest BCUT2D eigenvalue weighted by Crippen LogP contribution is -2.35. The molecule has 1 nitrogen and oxygen atoms in total. The minimum atomic E-state index is 0.178. The van der Waals surface area contributed by atoms with E-state index in [4.69, 9.17) is 0 Å². The maximum Gasteiger partial charge on any atom is 0.0210 e. The second kappa shape index (κ2) is 6.87. The lowest BCUT2D eigenvalue weighted by molar-refractivity contribution is 0.424. The molecular formula is C15H23NS. The van der Waals surface area contributed by atoms with Gasteiger partial charge < -0.3 is 5.32 Å². The molecule has 0 saturated carbocycles. The second-order valence-corrected chi connectivity index (χ2v) is 6.34. The summed E-state index contributed by atoms with van der Waals surface area (Å²) in [5.74, 6) is 1.11. The smallest absolute Gasteiger partial charge is 0.0210 e. The van der Waals surface area contributed by atoms with Crippen LogP contribution in [0.4, 0.5) is 0 Å². The van der Waals surface area contributed by atoms with Crippen LogP contribution in [0.3, 0.4) is 0 Å². The number of benzene rings is 1. The largest absolute Gasteiger partial charge is 0.308 e. The standard InChI is InChI=1S/C15H23NS/c1-5-6-11-17-14-9-7-13(8-10-14)12-16-15(2,3)4/h5,7-10,16H,1,6,11-12H2,2-4H3. The van der Waals surface area contributed by atoms with Crippen LogP contribution in [0, 0.1) is 0 Å². The molecule has 0 spiro atoms. The van der Waals surface area contributed by atoms with E-state index in [1.165, 1.54) is 10.5 Å². The minimum absolute atomic E-state index is 0.178. The normalized spacial score (nSPS) is 11.5. The fourth-order valence-electron chi connectivity index (χ4n) is 1.33. The summed E-state index contributed by atoms with van der Waals surface area (Å²) in [5, 5.41) is 3.49. The van der Waals surface area contributed by atoms with Crippen LogP contribution in [0.2, 0.25) is 0 Å². The van der Waals surface area contributed by atoms with Crippen molar-refractivity contribution < 1.29 is 0 Å². The molecule has 0 heterocycles. The summed E-state index contributed by atoms with van der Waals surface area (Å²) in [4.78, 5) is 1.34. The highest BCUT2D eigenvalue weighted by Gasteiger charge is 2.07. The molecule has 0 unspecified atom stereocenters. The summed E-state index contributed by atoms with van der Waals surface area (Å²) in [5.41, 5.74) is 1.52. The van der Waals surface area contributed by atoms with E-state index in [0.717, 1.165) is 18.7 Å². The molecule has 1 N–H and O–H groups in total. The van der Waals surface area contributed by atoms with Gasteiger partial charge in [0.05, 0.1) is 0 Å². The molecule has 0 aliphatic carbocycles. The average molecular weight is 249 g/mol. The van der Waals surface area contributed by atoms with Crippen LogP contribution in [-0.2, 0) is 6.54 Å². The van der Waals surface area contributed by atoms with Crippen molar-refractivity contribution in [3.05, 3.63) is 42.5 Å². The van der Waals surface area contributed by atoms with Crippen molar-refractivity contribution in [1.82, 2.24) is 5.32 Å². The first kappa shape index (κ1) is 14.3. The van der Waals surface area contributed by atoms with E-state index < -0.39 is 0 Å². The Bertz CT molecular complexity index is 335. The molecule has 0 radical (unpaired) electrons. The number of thioether (sulfide) groups is 1. The van der Waals surface area contributed by atoms with Crippen LogP contribution in [0.25, 0.3) is 0 Å². The van der Waals surface area contributed by atoms with E-state index in [9.17, 15) is 0 Å². The Kier molecular flexibility index (Phi) is 5.79. The number of hydrogen-bond acceptors (Lipinski definition) is 2. The first-order valence-corrected chi connectivity index (χ1v) is 7.07. The van der Waals surface area contributed by atoms with Gasteiger partial charge in [-0.3, -0.25) is 0 Å². The number of hydrogen-bond donors (Lipinski definition) is 1. The highest BCUT2D eigenvalue weighted by Crippen LogP contribution is 2.19. The minimum Gasteiger partial charge on any atom is -0.308 e. The lowest BCUT2D eigenvalue weighted by Gasteiger charge is -2.20. The molecule has 0 saturated heterocycles. The van der Waals surface area contributed by atoms with Crippen LogP contribution in [0.1, 0.15) is 32.8 Å². The van der Waals surface area contributed by atoms with Crippen LogP contribution >= 0.6 is 11.8 Å². The highest BCUT2D eigenvalue weighted by atomic mass is 32.2. The molecule has 1 aromatic carbocycles. The Hall–Kier alpha value is -0.730. The molecular weight excluding hydrogens is 226 g/mol. The van der Waals surface area contributed by atoms with Gasteiger partial charge >= 0.3 is 0 Å². The van der Waals surface area contributed by atoms with Crippen molar-refractivity contribution >= 4 is 11.8 Å². The first-order chi connectivity index (χ1) is 8.01. The van der Waals surface area contributed by atoms with Gasteiger partial charge in [0, 0.05) is 22.7 Å². The third-order valence-electron chi connectivity index (χ3n) is 2.34. The van der Waals surface area contributed by atoms with Crippen molar-refractivity contribution in [3.8, 4) is 0 Å². The van der Waals surface area contributed by atoms with Crippen molar-refractivity contribution in [2.75, 3.05) is 5.75 Å². The summed E-state index contributed by atoms with van der Waals surface area (Å²) in [6.45, 7) is 11.2. The zero-order valence-electron chi connectivity index (χ0n) is 11.1. The summed E-state index contributed by atoms with van der Waals surface area (Å²) in [7, 11) is 0. The Balaban J connectivity index is 2.42. The summed E-state index contributed by atoms with van der Waals surface area (Å²) in [6, 6.07) is 8.81. The Morgan fingerprint density at radius 1 is 1.24 bits per heavy atom. The van der Waals surface area contributed by atoms with Gasteiger partial charge in [-0.25, -0.2) is 0 Å². The molecule has 0 fully saturated rings. The molecule has 1 aromatic rings. The SMILES string of the molecule is C=CCCSc1ccc(CNC(C)(C)C)cc1. The number of nitrogens with one attached hydrogen (secondary N) is 1. The Morgan fingerprint density at radius 2 is 1.88 bits per heavy atom. The average Bonchev–Trinajstić information content (AvgIpc) is 2.27. The highest BCUT2D eigenvalue weighted by molar-refractivity contribution is 7.99. The monoisotopic (exact) mass is 249 g/mol. The van der Waals surface area contributed by atoms with Crippen molar-refractivity contribution in [2.24, 2.45) is 0 Å². The molecule has 0 bridgehead atoms. The van der Waals surface area contributed by atoms with E-state index in [2.05, 4.69) is 56.9 Å². The lowest BCUT2D eigenvalue weighted by atomic mass is 10.1. The zero-order chi connectivity index (χ0) is 12.7. The Morgan fingerprint density at radius 3 is 2.41 bits per heavy atom. The van der Waals surface area contributed by atoms with Crippen LogP contribution in [0.15, 0.2) is 41.8 Å². The third kappa shape index (κ3) is 6.54. The van der Waals surface area contributed by atoms with Gasteiger partial charge in [0.25, 0.3) is 0 Å². The molecule has 0 aromatic heterocycles. The van der Waals surface area contributed by atoms with Gasteiger partial charge in [-0.1, -0.05) is 18.2 Å². The molecule has 0 amide bonds. The summed E-state index contributed by atoms with van der Waals surface area (Å²) >= 11 is 1.89. The van der Waals surface area contributed by atoms with Gasteiger partial charge in [0.15, 0.2) is 0 Å².